The molecule has 1 heterocycles. The van der Waals surface area contributed by atoms with Gasteiger partial charge in [0.15, 0.2) is 0 Å². The lowest BCUT2D eigenvalue weighted by Crippen LogP contribution is -2.47. The molecule has 1 saturated carbocycles. The Hall–Kier alpha value is -0.480. The molecule has 1 aromatic rings. The summed E-state index contributed by atoms with van der Waals surface area (Å²) in [5.41, 5.74) is 1.13. The summed E-state index contributed by atoms with van der Waals surface area (Å²) in [6.07, 6.45) is 3.96. The zero-order valence-corrected chi connectivity index (χ0v) is 13.3. The molecule has 5 heteroatoms. The van der Waals surface area contributed by atoms with Gasteiger partial charge in [-0.15, -0.1) is 24.8 Å². The Morgan fingerprint density at radius 3 is 2.30 bits per heavy atom. The van der Waals surface area contributed by atoms with Crippen molar-refractivity contribution < 1.29 is 5.11 Å². The van der Waals surface area contributed by atoms with Crippen LogP contribution >= 0.6 is 24.8 Å². The highest BCUT2D eigenvalue weighted by molar-refractivity contribution is 5.85. The van der Waals surface area contributed by atoms with Crippen LogP contribution in [0.4, 0.5) is 0 Å². The van der Waals surface area contributed by atoms with E-state index < -0.39 is 0 Å². The molecule has 0 unspecified atom stereocenters. The minimum Gasteiger partial charge on any atom is -0.508 e. The van der Waals surface area contributed by atoms with Gasteiger partial charge >= 0.3 is 0 Å². The number of benzene rings is 1. The molecule has 2 N–H and O–H groups in total. The standard InChI is InChI=1S/C15H22N2O.2ClH/c18-14-7-2-1-6-13(14)15(12-4-3-5-12)17-10-8-16-9-11-17;;/h1-2,6-7,12,15-16,18H,3-5,8-11H2;2*1H/t15-;;/m0../s1. The quantitative estimate of drug-likeness (QED) is 0.899. The highest BCUT2D eigenvalue weighted by Crippen LogP contribution is 2.43. The molecule has 2 fully saturated rings. The molecule has 3 rings (SSSR count). The van der Waals surface area contributed by atoms with Crippen molar-refractivity contribution in [3.8, 4) is 5.75 Å². The number of hydrogen-bond acceptors (Lipinski definition) is 3. The first-order valence-electron chi connectivity index (χ1n) is 7.09. The molecule has 1 aliphatic carbocycles. The lowest BCUT2D eigenvalue weighted by Gasteiger charge is -2.43. The summed E-state index contributed by atoms with van der Waals surface area (Å²) in [7, 11) is 0. The monoisotopic (exact) mass is 318 g/mol. The average molecular weight is 319 g/mol. The van der Waals surface area contributed by atoms with Crippen LogP contribution in [0, 0.1) is 5.92 Å². The van der Waals surface area contributed by atoms with Crippen molar-refractivity contribution in [1.82, 2.24) is 10.2 Å². The molecule has 2 aliphatic rings. The Balaban J connectivity index is 0.000001000. The Morgan fingerprint density at radius 1 is 1.10 bits per heavy atom. The average Bonchev–Trinajstić information content (AvgIpc) is 2.36. The number of hydrogen-bond donors (Lipinski definition) is 2. The first-order valence-corrected chi connectivity index (χ1v) is 7.09. The van der Waals surface area contributed by atoms with E-state index in [1.54, 1.807) is 0 Å². The van der Waals surface area contributed by atoms with Crippen molar-refractivity contribution in [3.05, 3.63) is 29.8 Å². The van der Waals surface area contributed by atoms with Crippen LogP contribution in [0.1, 0.15) is 30.9 Å². The lowest BCUT2D eigenvalue weighted by molar-refractivity contribution is 0.0819. The number of rotatable bonds is 3. The molecular weight excluding hydrogens is 295 g/mol. The largest absolute Gasteiger partial charge is 0.508 e. The second-order valence-corrected chi connectivity index (χ2v) is 5.48. The predicted molar refractivity (Wildman–Crippen MR) is 87.1 cm³/mol. The van der Waals surface area contributed by atoms with Gasteiger partial charge in [0.05, 0.1) is 0 Å². The van der Waals surface area contributed by atoms with Gasteiger partial charge in [0.2, 0.25) is 0 Å². The molecule has 0 bridgehead atoms. The van der Waals surface area contributed by atoms with Gasteiger partial charge in [-0.05, 0) is 24.8 Å². The maximum Gasteiger partial charge on any atom is 0.120 e. The molecule has 1 saturated heterocycles. The molecule has 114 valence electrons. The van der Waals surface area contributed by atoms with Crippen LogP contribution in [0.5, 0.6) is 5.75 Å². The number of aromatic hydroxyl groups is 1. The van der Waals surface area contributed by atoms with Gasteiger partial charge in [-0.3, -0.25) is 4.90 Å². The van der Waals surface area contributed by atoms with Gasteiger partial charge in [0.1, 0.15) is 5.75 Å². The fraction of sp³-hybridized carbons (Fsp3) is 0.600. The molecule has 0 radical (unpaired) electrons. The van der Waals surface area contributed by atoms with Crippen molar-refractivity contribution in [2.45, 2.75) is 25.3 Å². The molecule has 3 nitrogen and oxygen atoms in total. The number of nitrogens with zero attached hydrogens (tertiary/aromatic N) is 1. The van der Waals surface area contributed by atoms with Crippen LogP contribution in [0.3, 0.4) is 0 Å². The molecule has 1 aromatic carbocycles. The third-order valence-electron chi connectivity index (χ3n) is 4.40. The number of halogens is 2. The number of nitrogens with one attached hydrogen (secondary N) is 1. The van der Waals surface area contributed by atoms with E-state index in [-0.39, 0.29) is 24.8 Å². The fourth-order valence-corrected chi connectivity index (χ4v) is 3.20. The summed E-state index contributed by atoms with van der Waals surface area (Å²) in [6, 6.07) is 8.29. The maximum absolute atomic E-state index is 10.1. The zero-order chi connectivity index (χ0) is 12.4. The topological polar surface area (TPSA) is 35.5 Å². The van der Waals surface area contributed by atoms with Gasteiger partial charge in [-0.2, -0.15) is 0 Å². The van der Waals surface area contributed by atoms with Crippen molar-refractivity contribution in [2.24, 2.45) is 5.92 Å². The second-order valence-electron chi connectivity index (χ2n) is 5.48. The Bertz CT molecular complexity index is 407. The van der Waals surface area contributed by atoms with Crippen LogP contribution < -0.4 is 5.32 Å². The van der Waals surface area contributed by atoms with Crippen molar-refractivity contribution in [3.63, 3.8) is 0 Å². The molecule has 1 aliphatic heterocycles. The van der Waals surface area contributed by atoms with E-state index in [0.29, 0.717) is 11.8 Å². The minimum absolute atomic E-state index is 0. The third-order valence-corrected chi connectivity index (χ3v) is 4.40. The van der Waals surface area contributed by atoms with Gasteiger partial charge in [-0.1, -0.05) is 24.6 Å². The van der Waals surface area contributed by atoms with E-state index in [4.69, 9.17) is 0 Å². The summed E-state index contributed by atoms with van der Waals surface area (Å²) in [4.78, 5) is 2.55. The van der Waals surface area contributed by atoms with E-state index in [2.05, 4.69) is 16.3 Å². The highest BCUT2D eigenvalue weighted by Gasteiger charge is 2.34. The van der Waals surface area contributed by atoms with E-state index in [1.165, 1.54) is 19.3 Å². The number of piperazine rings is 1. The van der Waals surface area contributed by atoms with Gasteiger partial charge in [0, 0.05) is 37.8 Å². The van der Waals surface area contributed by atoms with Gasteiger partial charge < -0.3 is 10.4 Å². The maximum atomic E-state index is 10.1. The van der Waals surface area contributed by atoms with Crippen molar-refractivity contribution in [1.29, 1.82) is 0 Å². The summed E-state index contributed by atoms with van der Waals surface area (Å²) >= 11 is 0. The van der Waals surface area contributed by atoms with Gasteiger partial charge in [0.25, 0.3) is 0 Å². The van der Waals surface area contributed by atoms with Crippen molar-refractivity contribution >= 4 is 24.8 Å². The first-order chi connectivity index (χ1) is 8.86. The van der Waals surface area contributed by atoms with E-state index >= 15 is 0 Å². The minimum atomic E-state index is 0. The van der Waals surface area contributed by atoms with Crippen LogP contribution in [0.25, 0.3) is 0 Å². The Morgan fingerprint density at radius 2 is 1.75 bits per heavy atom. The van der Waals surface area contributed by atoms with Crippen LogP contribution in [0.15, 0.2) is 24.3 Å². The Kier molecular flexibility index (Phi) is 7.10. The summed E-state index contributed by atoms with van der Waals surface area (Å²) in [5.74, 6) is 1.20. The number of para-hydroxylation sites is 1. The SMILES string of the molecule is Cl.Cl.Oc1ccccc1[C@H](C1CCC1)N1CCNCC1. The van der Waals surface area contributed by atoms with E-state index in [0.717, 1.165) is 37.7 Å². The van der Waals surface area contributed by atoms with E-state index in [9.17, 15) is 5.11 Å². The number of phenols is 1. The Labute approximate surface area is 133 Å². The smallest absolute Gasteiger partial charge is 0.120 e. The van der Waals surface area contributed by atoms with Crippen molar-refractivity contribution in [2.75, 3.05) is 26.2 Å². The normalized spacial score (nSPS) is 21.2. The summed E-state index contributed by atoms with van der Waals surface area (Å²) < 4.78 is 0. The van der Waals surface area contributed by atoms with E-state index in [1.807, 2.05) is 18.2 Å². The number of phenolic OH excluding ortho intramolecular Hbond substituents is 1. The molecular formula is C15H24Cl2N2O. The summed E-state index contributed by atoms with van der Waals surface area (Å²) in [5, 5.41) is 13.5. The third kappa shape index (κ3) is 3.59. The lowest BCUT2D eigenvalue weighted by atomic mass is 9.76. The molecule has 0 amide bonds. The van der Waals surface area contributed by atoms with Crippen LogP contribution in [-0.2, 0) is 0 Å². The van der Waals surface area contributed by atoms with Gasteiger partial charge in [-0.25, -0.2) is 0 Å². The summed E-state index contributed by atoms with van der Waals surface area (Å²) in [6.45, 7) is 4.32. The van der Waals surface area contributed by atoms with Crippen LogP contribution in [0.2, 0.25) is 0 Å². The first kappa shape index (κ1) is 17.6. The second kappa shape index (κ2) is 8.08. The molecule has 20 heavy (non-hydrogen) atoms. The molecule has 1 atom stereocenters. The highest BCUT2D eigenvalue weighted by atomic mass is 35.5. The zero-order valence-electron chi connectivity index (χ0n) is 11.6. The molecule has 0 spiro atoms. The predicted octanol–water partition coefficient (Wildman–Crippen LogP) is 2.98. The van der Waals surface area contributed by atoms with Crippen LogP contribution in [-0.4, -0.2) is 36.2 Å². The fourth-order valence-electron chi connectivity index (χ4n) is 3.20. The molecule has 0 aromatic heterocycles.